The SMILES string of the molecule is Cc1ccc(N2CCCN(CCc3cccc(F)c3F)CC2)nn1. The van der Waals surface area contributed by atoms with Crippen LogP contribution in [0.5, 0.6) is 0 Å². The monoisotopic (exact) mass is 332 g/mol. The topological polar surface area (TPSA) is 32.3 Å². The van der Waals surface area contributed by atoms with Crippen molar-refractivity contribution in [2.75, 3.05) is 37.6 Å². The summed E-state index contributed by atoms with van der Waals surface area (Å²) in [7, 11) is 0. The molecule has 2 heterocycles. The molecule has 24 heavy (non-hydrogen) atoms. The summed E-state index contributed by atoms with van der Waals surface area (Å²) in [5, 5.41) is 8.37. The summed E-state index contributed by atoms with van der Waals surface area (Å²) in [6.07, 6.45) is 1.54. The van der Waals surface area contributed by atoms with E-state index in [2.05, 4.69) is 20.0 Å². The van der Waals surface area contributed by atoms with E-state index in [1.54, 1.807) is 12.1 Å². The molecule has 1 fully saturated rings. The lowest BCUT2D eigenvalue weighted by molar-refractivity contribution is 0.295. The molecular formula is C18H22F2N4. The second-order valence-corrected chi connectivity index (χ2v) is 6.18. The van der Waals surface area contributed by atoms with E-state index < -0.39 is 11.6 Å². The lowest BCUT2D eigenvalue weighted by Crippen LogP contribution is -2.32. The maximum absolute atomic E-state index is 13.7. The fourth-order valence-corrected chi connectivity index (χ4v) is 3.00. The zero-order chi connectivity index (χ0) is 16.9. The Kier molecular flexibility index (Phi) is 5.35. The van der Waals surface area contributed by atoms with Crippen molar-refractivity contribution in [2.24, 2.45) is 0 Å². The van der Waals surface area contributed by atoms with Gasteiger partial charge < -0.3 is 9.80 Å². The average Bonchev–Trinajstić information content (AvgIpc) is 2.83. The third-order valence-corrected chi connectivity index (χ3v) is 4.43. The fourth-order valence-electron chi connectivity index (χ4n) is 3.00. The van der Waals surface area contributed by atoms with Gasteiger partial charge in [0.1, 0.15) is 0 Å². The van der Waals surface area contributed by atoms with E-state index in [-0.39, 0.29) is 0 Å². The molecule has 0 saturated carbocycles. The van der Waals surface area contributed by atoms with Crippen LogP contribution in [0.25, 0.3) is 0 Å². The maximum Gasteiger partial charge on any atom is 0.162 e. The Balaban J connectivity index is 1.55. The highest BCUT2D eigenvalue weighted by molar-refractivity contribution is 5.37. The average molecular weight is 332 g/mol. The van der Waals surface area contributed by atoms with Gasteiger partial charge in [-0.05, 0) is 50.1 Å². The van der Waals surface area contributed by atoms with Gasteiger partial charge in [-0.3, -0.25) is 0 Å². The van der Waals surface area contributed by atoms with Crippen molar-refractivity contribution in [1.82, 2.24) is 15.1 Å². The van der Waals surface area contributed by atoms with E-state index in [1.165, 1.54) is 0 Å². The van der Waals surface area contributed by atoms with Gasteiger partial charge in [0, 0.05) is 26.2 Å². The summed E-state index contributed by atoms with van der Waals surface area (Å²) in [6.45, 7) is 6.28. The van der Waals surface area contributed by atoms with Crippen LogP contribution in [0.15, 0.2) is 30.3 Å². The Morgan fingerprint density at radius 2 is 1.88 bits per heavy atom. The van der Waals surface area contributed by atoms with Crippen LogP contribution in [0.3, 0.4) is 0 Å². The number of aryl methyl sites for hydroxylation is 1. The normalized spacial score (nSPS) is 16.2. The smallest absolute Gasteiger partial charge is 0.162 e. The summed E-state index contributed by atoms with van der Waals surface area (Å²) in [5.41, 5.74) is 1.35. The largest absolute Gasteiger partial charge is 0.354 e. The number of nitrogens with zero attached hydrogens (tertiary/aromatic N) is 4. The molecule has 4 nitrogen and oxygen atoms in total. The Morgan fingerprint density at radius 1 is 1.00 bits per heavy atom. The third-order valence-electron chi connectivity index (χ3n) is 4.43. The van der Waals surface area contributed by atoms with Gasteiger partial charge in [-0.2, -0.15) is 5.10 Å². The first-order valence-electron chi connectivity index (χ1n) is 8.34. The summed E-state index contributed by atoms with van der Waals surface area (Å²) < 4.78 is 27.0. The predicted octanol–water partition coefficient (Wildman–Crippen LogP) is 2.82. The Morgan fingerprint density at radius 3 is 2.67 bits per heavy atom. The van der Waals surface area contributed by atoms with E-state index in [1.807, 2.05) is 19.1 Å². The number of halogens is 2. The first-order chi connectivity index (χ1) is 11.6. The van der Waals surface area contributed by atoms with Crippen molar-refractivity contribution in [1.29, 1.82) is 0 Å². The maximum atomic E-state index is 13.7. The van der Waals surface area contributed by atoms with Gasteiger partial charge in [-0.1, -0.05) is 12.1 Å². The van der Waals surface area contributed by atoms with Crippen molar-refractivity contribution in [3.05, 3.63) is 53.2 Å². The number of benzene rings is 1. The molecule has 0 unspecified atom stereocenters. The van der Waals surface area contributed by atoms with Crippen molar-refractivity contribution >= 4 is 5.82 Å². The molecule has 3 rings (SSSR count). The number of rotatable bonds is 4. The van der Waals surface area contributed by atoms with Crippen LogP contribution in [0.2, 0.25) is 0 Å². The van der Waals surface area contributed by atoms with Crippen molar-refractivity contribution < 1.29 is 8.78 Å². The molecule has 0 spiro atoms. The van der Waals surface area contributed by atoms with Gasteiger partial charge in [-0.15, -0.1) is 5.10 Å². The fraction of sp³-hybridized carbons (Fsp3) is 0.444. The van der Waals surface area contributed by atoms with Crippen LogP contribution in [-0.4, -0.2) is 47.8 Å². The third kappa shape index (κ3) is 4.06. The standard InChI is InChI=1S/C18H22F2N4/c1-14-6-7-17(22-21-14)24-10-3-9-23(12-13-24)11-8-15-4-2-5-16(19)18(15)20/h2,4-7H,3,8-13H2,1H3. The van der Waals surface area contributed by atoms with Gasteiger partial charge in [-0.25, -0.2) is 8.78 Å². The lowest BCUT2D eigenvalue weighted by atomic mass is 10.1. The van der Waals surface area contributed by atoms with Crippen LogP contribution in [-0.2, 0) is 6.42 Å². The molecule has 1 saturated heterocycles. The highest BCUT2D eigenvalue weighted by Gasteiger charge is 2.17. The first-order valence-corrected chi connectivity index (χ1v) is 8.34. The van der Waals surface area contributed by atoms with Crippen LogP contribution in [0.1, 0.15) is 17.7 Å². The molecule has 0 atom stereocenters. The van der Waals surface area contributed by atoms with E-state index >= 15 is 0 Å². The molecule has 0 bridgehead atoms. The van der Waals surface area contributed by atoms with Gasteiger partial charge >= 0.3 is 0 Å². The molecule has 128 valence electrons. The quantitative estimate of drug-likeness (QED) is 0.862. The molecule has 0 radical (unpaired) electrons. The molecule has 1 aliphatic heterocycles. The van der Waals surface area contributed by atoms with E-state index in [0.29, 0.717) is 12.0 Å². The van der Waals surface area contributed by atoms with E-state index in [0.717, 1.165) is 56.7 Å². The Bertz CT molecular complexity index is 675. The second kappa shape index (κ2) is 7.66. The van der Waals surface area contributed by atoms with Crippen LogP contribution >= 0.6 is 0 Å². The van der Waals surface area contributed by atoms with Crippen molar-refractivity contribution in [2.45, 2.75) is 19.8 Å². The van der Waals surface area contributed by atoms with Gasteiger partial charge in [0.05, 0.1) is 5.69 Å². The second-order valence-electron chi connectivity index (χ2n) is 6.18. The molecule has 2 aromatic rings. The van der Waals surface area contributed by atoms with Crippen LogP contribution < -0.4 is 4.90 Å². The number of hydrogen-bond acceptors (Lipinski definition) is 4. The highest BCUT2D eigenvalue weighted by Crippen LogP contribution is 2.15. The zero-order valence-electron chi connectivity index (χ0n) is 13.9. The van der Waals surface area contributed by atoms with E-state index in [4.69, 9.17) is 0 Å². The predicted molar refractivity (Wildman–Crippen MR) is 90.1 cm³/mol. The summed E-state index contributed by atoms with van der Waals surface area (Å²) in [6, 6.07) is 8.35. The number of aromatic nitrogens is 2. The highest BCUT2D eigenvalue weighted by atomic mass is 19.2. The lowest BCUT2D eigenvalue weighted by Gasteiger charge is -2.22. The molecule has 0 amide bonds. The summed E-state index contributed by atoms with van der Waals surface area (Å²) in [5.74, 6) is -0.588. The molecule has 1 aliphatic rings. The minimum atomic E-state index is -0.771. The zero-order valence-corrected chi connectivity index (χ0v) is 13.9. The minimum Gasteiger partial charge on any atom is -0.354 e. The molecule has 1 aromatic carbocycles. The summed E-state index contributed by atoms with van der Waals surface area (Å²) >= 11 is 0. The van der Waals surface area contributed by atoms with Gasteiger partial charge in [0.15, 0.2) is 17.5 Å². The molecule has 0 N–H and O–H groups in total. The minimum absolute atomic E-state index is 0.445. The number of anilines is 1. The molecule has 0 aliphatic carbocycles. The summed E-state index contributed by atoms with van der Waals surface area (Å²) in [4.78, 5) is 4.53. The number of hydrogen-bond donors (Lipinski definition) is 0. The molecule has 6 heteroatoms. The Hall–Kier alpha value is -2.08. The van der Waals surface area contributed by atoms with Gasteiger partial charge in [0.2, 0.25) is 0 Å². The van der Waals surface area contributed by atoms with E-state index in [9.17, 15) is 8.78 Å². The van der Waals surface area contributed by atoms with Crippen molar-refractivity contribution in [3.8, 4) is 0 Å². The Labute approximate surface area is 141 Å². The van der Waals surface area contributed by atoms with Crippen molar-refractivity contribution in [3.63, 3.8) is 0 Å². The molecule has 1 aromatic heterocycles. The van der Waals surface area contributed by atoms with Gasteiger partial charge in [0.25, 0.3) is 0 Å². The van der Waals surface area contributed by atoms with Crippen LogP contribution in [0.4, 0.5) is 14.6 Å². The van der Waals surface area contributed by atoms with Crippen LogP contribution in [0, 0.1) is 18.6 Å². The first kappa shape index (κ1) is 16.8. The molecular weight excluding hydrogens is 310 g/mol.